The minimum absolute atomic E-state index is 0.708. The van der Waals surface area contributed by atoms with Gasteiger partial charge in [-0.05, 0) is 37.8 Å². The van der Waals surface area contributed by atoms with E-state index in [1.54, 1.807) is 4.90 Å². The van der Waals surface area contributed by atoms with Crippen LogP contribution in [0.4, 0.5) is 0 Å². The summed E-state index contributed by atoms with van der Waals surface area (Å²) in [5.74, 6) is 0.810. The van der Waals surface area contributed by atoms with Gasteiger partial charge in [-0.1, -0.05) is 23.7 Å². The smallest absolute Gasteiger partial charge is 0.137 e. The van der Waals surface area contributed by atoms with Crippen LogP contribution in [0.1, 0.15) is 32.1 Å². The first-order chi connectivity index (χ1) is 8.86. The molecule has 1 N–H and O–H groups in total. The van der Waals surface area contributed by atoms with E-state index < -0.39 is 0 Å². The highest BCUT2D eigenvalue weighted by atomic mass is 35.5. The van der Waals surface area contributed by atoms with Crippen LogP contribution < -0.4 is 9.64 Å². The Kier molecular flexibility index (Phi) is 5.82. The summed E-state index contributed by atoms with van der Waals surface area (Å²) in [6.45, 7) is 4.68. The molecule has 1 aromatic rings. The van der Waals surface area contributed by atoms with Gasteiger partial charge in [-0.3, -0.25) is 0 Å². The number of benzene rings is 1. The number of rotatable bonds is 5. The Morgan fingerprint density at radius 2 is 1.78 bits per heavy atom. The monoisotopic (exact) mass is 268 g/mol. The fourth-order valence-electron chi connectivity index (χ4n) is 2.54. The number of hydrogen-bond donors (Lipinski definition) is 1. The van der Waals surface area contributed by atoms with Crippen LogP contribution in [0.3, 0.4) is 0 Å². The van der Waals surface area contributed by atoms with Gasteiger partial charge in [-0.15, -0.1) is 0 Å². The van der Waals surface area contributed by atoms with Gasteiger partial charge in [0.1, 0.15) is 5.75 Å². The van der Waals surface area contributed by atoms with Gasteiger partial charge in [0, 0.05) is 6.42 Å². The number of nitrogens with one attached hydrogen (secondary N) is 1. The fraction of sp³-hybridized carbons (Fsp3) is 0.600. The zero-order valence-electron chi connectivity index (χ0n) is 11.0. The summed E-state index contributed by atoms with van der Waals surface area (Å²) in [6.07, 6.45) is 6.72. The predicted molar refractivity (Wildman–Crippen MR) is 75.6 cm³/mol. The minimum Gasteiger partial charge on any atom is -0.492 e. The molecule has 0 spiro atoms. The lowest BCUT2D eigenvalue weighted by molar-refractivity contribution is -0.899. The minimum atomic E-state index is 0.708. The van der Waals surface area contributed by atoms with E-state index in [2.05, 4.69) is 0 Å². The highest BCUT2D eigenvalue weighted by molar-refractivity contribution is 6.32. The van der Waals surface area contributed by atoms with Crippen molar-refractivity contribution in [1.82, 2.24) is 0 Å². The van der Waals surface area contributed by atoms with Gasteiger partial charge in [0.05, 0.1) is 31.3 Å². The van der Waals surface area contributed by atoms with E-state index in [0.717, 1.165) is 18.8 Å². The lowest BCUT2D eigenvalue weighted by atomic mass is 10.2. The van der Waals surface area contributed by atoms with E-state index in [1.165, 1.54) is 45.3 Å². The molecule has 18 heavy (non-hydrogen) atoms. The fourth-order valence-corrected chi connectivity index (χ4v) is 2.73. The largest absolute Gasteiger partial charge is 0.492 e. The molecule has 1 aliphatic rings. The topological polar surface area (TPSA) is 13.7 Å². The van der Waals surface area contributed by atoms with Crippen LogP contribution in [-0.4, -0.2) is 26.2 Å². The van der Waals surface area contributed by atoms with E-state index in [0.29, 0.717) is 5.02 Å². The number of halogens is 1. The lowest BCUT2D eigenvalue weighted by Gasteiger charge is -2.17. The predicted octanol–water partition coefficient (Wildman–Crippen LogP) is 2.57. The van der Waals surface area contributed by atoms with Crippen molar-refractivity contribution in [2.45, 2.75) is 32.1 Å². The van der Waals surface area contributed by atoms with Crippen molar-refractivity contribution in [3.05, 3.63) is 29.3 Å². The Labute approximate surface area is 115 Å². The van der Waals surface area contributed by atoms with Crippen LogP contribution in [0.25, 0.3) is 0 Å². The van der Waals surface area contributed by atoms with Crippen LogP contribution in [0.2, 0.25) is 5.02 Å². The van der Waals surface area contributed by atoms with E-state index >= 15 is 0 Å². The maximum atomic E-state index is 6.04. The molecule has 1 aliphatic heterocycles. The maximum Gasteiger partial charge on any atom is 0.137 e. The SMILES string of the molecule is Clc1ccccc1OCCC[NH+]1CCCCCC1. The summed E-state index contributed by atoms with van der Waals surface area (Å²) in [6, 6.07) is 7.69. The Hall–Kier alpha value is -0.730. The van der Waals surface area contributed by atoms with E-state index in [-0.39, 0.29) is 0 Å². The molecule has 3 heteroatoms. The van der Waals surface area contributed by atoms with Crippen molar-refractivity contribution in [2.75, 3.05) is 26.2 Å². The Bertz CT molecular complexity index is 348. The van der Waals surface area contributed by atoms with Crippen LogP contribution in [0.5, 0.6) is 5.75 Å². The van der Waals surface area contributed by atoms with Crippen LogP contribution in [-0.2, 0) is 0 Å². The summed E-state index contributed by atoms with van der Waals surface area (Å²) in [4.78, 5) is 1.75. The number of likely N-dealkylation sites (tertiary alicyclic amines) is 1. The first-order valence-electron chi connectivity index (χ1n) is 7.07. The van der Waals surface area contributed by atoms with Gasteiger partial charge in [0.2, 0.25) is 0 Å². The molecule has 0 atom stereocenters. The van der Waals surface area contributed by atoms with Gasteiger partial charge >= 0.3 is 0 Å². The number of para-hydroxylation sites is 1. The second-order valence-electron chi connectivity index (χ2n) is 5.05. The van der Waals surface area contributed by atoms with Crippen LogP contribution >= 0.6 is 11.6 Å². The number of ether oxygens (including phenoxy) is 1. The summed E-state index contributed by atoms with van der Waals surface area (Å²) < 4.78 is 5.71. The molecule has 0 aromatic heterocycles. The Morgan fingerprint density at radius 3 is 2.50 bits per heavy atom. The van der Waals surface area contributed by atoms with Gasteiger partial charge in [-0.25, -0.2) is 0 Å². The van der Waals surface area contributed by atoms with Crippen molar-refractivity contribution in [3.8, 4) is 5.75 Å². The Morgan fingerprint density at radius 1 is 1.06 bits per heavy atom. The molecule has 0 amide bonds. The summed E-state index contributed by atoms with van der Waals surface area (Å²) in [7, 11) is 0. The highest BCUT2D eigenvalue weighted by Crippen LogP contribution is 2.22. The van der Waals surface area contributed by atoms with Gasteiger partial charge < -0.3 is 9.64 Å². The third-order valence-corrected chi connectivity index (χ3v) is 3.89. The highest BCUT2D eigenvalue weighted by Gasteiger charge is 2.11. The molecule has 1 saturated heterocycles. The van der Waals surface area contributed by atoms with Crippen LogP contribution in [0, 0.1) is 0 Å². The van der Waals surface area contributed by atoms with Gasteiger partial charge in [0.25, 0.3) is 0 Å². The molecule has 1 heterocycles. The van der Waals surface area contributed by atoms with Crippen LogP contribution in [0.15, 0.2) is 24.3 Å². The zero-order chi connectivity index (χ0) is 12.6. The molecule has 2 rings (SSSR count). The molecule has 0 bridgehead atoms. The quantitative estimate of drug-likeness (QED) is 0.811. The van der Waals surface area contributed by atoms with Crippen molar-refractivity contribution in [2.24, 2.45) is 0 Å². The van der Waals surface area contributed by atoms with E-state index in [1.807, 2.05) is 24.3 Å². The first-order valence-corrected chi connectivity index (χ1v) is 7.45. The molecule has 0 radical (unpaired) electrons. The first kappa shape index (κ1) is 13.7. The second kappa shape index (κ2) is 7.65. The molecule has 100 valence electrons. The van der Waals surface area contributed by atoms with E-state index in [9.17, 15) is 0 Å². The molecule has 2 nitrogen and oxygen atoms in total. The summed E-state index contributed by atoms with van der Waals surface area (Å²) in [5.41, 5.74) is 0. The van der Waals surface area contributed by atoms with Gasteiger partial charge in [-0.2, -0.15) is 0 Å². The average Bonchev–Trinajstić information content (AvgIpc) is 2.65. The summed E-state index contributed by atoms with van der Waals surface area (Å²) in [5, 5.41) is 0.708. The van der Waals surface area contributed by atoms with Gasteiger partial charge in [0.15, 0.2) is 0 Å². The second-order valence-corrected chi connectivity index (χ2v) is 5.45. The normalized spacial score (nSPS) is 17.4. The third kappa shape index (κ3) is 4.51. The molecule has 1 aromatic carbocycles. The molecule has 0 saturated carbocycles. The molecular weight excluding hydrogens is 246 g/mol. The standard InChI is InChI=1S/C15H22ClNO/c16-14-8-3-4-9-15(14)18-13-7-12-17-10-5-1-2-6-11-17/h3-4,8-9H,1-2,5-7,10-13H2/p+1. The van der Waals surface area contributed by atoms with Crippen molar-refractivity contribution >= 4 is 11.6 Å². The van der Waals surface area contributed by atoms with Crippen molar-refractivity contribution < 1.29 is 9.64 Å². The maximum absolute atomic E-state index is 6.04. The van der Waals surface area contributed by atoms with Crippen molar-refractivity contribution in [3.63, 3.8) is 0 Å². The molecule has 1 fully saturated rings. The summed E-state index contributed by atoms with van der Waals surface area (Å²) >= 11 is 6.04. The Balaban J connectivity index is 1.65. The number of hydrogen-bond acceptors (Lipinski definition) is 1. The van der Waals surface area contributed by atoms with E-state index in [4.69, 9.17) is 16.3 Å². The zero-order valence-corrected chi connectivity index (χ0v) is 11.7. The average molecular weight is 269 g/mol. The third-order valence-electron chi connectivity index (χ3n) is 3.58. The number of quaternary nitrogens is 1. The lowest BCUT2D eigenvalue weighted by Crippen LogP contribution is -3.11. The molecule has 0 unspecified atom stereocenters. The van der Waals surface area contributed by atoms with Crippen molar-refractivity contribution in [1.29, 1.82) is 0 Å². The molecule has 0 aliphatic carbocycles. The molecular formula is C15H23ClNO+.